The Morgan fingerprint density at radius 3 is 2.68 bits per heavy atom. The molecule has 25 heavy (non-hydrogen) atoms. The average Bonchev–Trinajstić information content (AvgIpc) is 2.90. The molecule has 2 unspecified atom stereocenters. The molecule has 0 saturated carbocycles. The first-order valence-electron chi connectivity index (χ1n) is 8.79. The quantitative estimate of drug-likeness (QED) is 0.624. The number of carbonyl (C=O) groups is 2. The van der Waals surface area contributed by atoms with Crippen molar-refractivity contribution in [2.24, 2.45) is 11.8 Å². The minimum Gasteiger partial charge on any atom is -0.466 e. The highest BCUT2D eigenvalue weighted by molar-refractivity contribution is 6.36. The van der Waals surface area contributed by atoms with Crippen LogP contribution in [0.1, 0.15) is 38.7 Å². The molecule has 1 amide bonds. The Kier molecular flexibility index (Phi) is 7.57. The molecular weight excluding hydrogens is 361 g/mol. The molecule has 1 aromatic rings. The van der Waals surface area contributed by atoms with Crippen molar-refractivity contribution in [2.45, 2.75) is 39.5 Å². The van der Waals surface area contributed by atoms with E-state index in [0.29, 0.717) is 36.0 Å². The zero-order valence-corrected chi connectivity index (χ0v) is 16.3. The van der Waals surface area contributed by atoms with Crippen LogP contribution in [0, 0.1) is 11.8 Å². The van der Waals surface area contributed by atoms with E-state index in [1.54, 1.807) is 19.1 Å². The van der Waals surface area contributed by atoms with Gasteiger partial charge >= 0.3 is 5.97 Å². The van der Waals surface area contributed by atoms with Gasteiger partial charge in [-0.15, -0.1) is 0 Å². The molecule has 6 heteroatoms. The summed E-state index contributed by atoms with van der Waals surface area (Å²) >= 11 is 12.4. The maximum atomic E-state index is 12.7. The Labute approximate surface area is 159 Å². The minimum atomic E-state index is -0.173. The second kappa shape index (κ2) is 9.44. The Morgan fingerprint density at radius 1 is 1.36 bits per heavy atom. The van der Waals surface area contributed by atoms with Gasteiger partial charge in [-0.05, 0) is 49.8 Å². The number of likely N-dealkylation sites (tertiary alicyclic amines) is 1. The Morgan fingerprint density at radius 2 is 2.04 bits per heavy atom. The Bertz CT molecular complexity index is 600. The number of nitrogens with zero attached hydrogens (tertiary/aromatic N) is 1. The van der Waals surface area contributed by atoms with E-state index in [0.717, 1.165) is 24.9 Å². The Hall–Kier alpha value is -1.26. The average molecular weight is 386 g/mol. The van der Waals surface area contributed by atoms with Crippen molar-refractivity contribution >= 4 is 35.1 Å². The van der Waals surface area contributed by atoms with Gasteiger partial charge in [0.1, 0.15) is 0 Å². The lowest BCUT2D eigenvalue weighted by molar-refractivity contribution is -0.143. The van der Waals surface area contributed by atoms with Gasteiger partial charge in [0.25, 0.3) is 0 Å². The van der Waals surface area contributed by atoms with E-state index in [4.69, 9.17) is 27.9 Å². The molecule has 1 aliphatic rings. The number of esters is 1. The largest absolute Gasteiger partial charge is 0.466 e. The first kappa shape index (κ1) is 20.1. The molecule has 0 N–H and O–H groups in total. The van der Waals surface area contributed by atoms with Crippen LogP contribution in [-0.2, 0) is 20.7 Å². The molecule has 0 spiro atoms. The second-order valence-corrected chi connectivity index (χ2v) is 7.44. The number of rotatable bonds is 8. The summed E-state index contributed by atoms with van der Waals surface area (Å²) < 4.78 is 4.94. The zero-order chi connectivity index (χ0) is 18.4. The monoisotopic (exact) mass is 385 g/mol. The number of carbonyl (C=O) groups excluding carboxylic acids is 2. The number of halogens is 2. The van der Waals surface area contributed by atoms with Crippen molar-refractivity contribution in [1.29, 1.82) is 0 Å². The van der Waals surface area contributed by atoms with Gasteiger partial charge in [0.2, 0.25) is 5.91 Å². The first-order chi connectivity index (χ1) is 11.9. The second-order valence-electron chi connectivity index (χ2n) is 6.62. The maximum absolute atomic E-state index is 12.7. The van der Waals surface area contributed by atoms with Crippen LogP contribution in [0.5, 0.6) is 0 Å². The number of amides is 1. The molecule has 0 radical (unpaired) electrons. The summed E-state index contributed by atoms with van der Waals surface area (Å²) in [5.74, 6) is 0.165. The molecule has 1 heterocycles. The van der Waals surface area contributed by atoms with Crippen molar-refractivity contribution < 1.29 is 14.3 Å². The third-order valence-electron chi connectivity index (χ3n) is 4.60. The van der Waals surface area contributed by atoms with Crippen LogP contribution in [0.3, 0.4) is 0 Å². The molecule has 0 aliphatic carbocycles. The summed E-state index contributed by atoms with van der Waals surface area (Å²) in [7, 11) is 0. The highest BCUT2D eigenvalue weighted by Gasteiger charge is 2.33. The fourth-order valence-corrected chi connectivity index (χ4v) is 3.76. The summed E-state index contributed by atoms with van der Waals surface area (Å²) in [5.41, 5.74) is 0.849. The normalized spacial score (nSPS) is 18.5. The van der Waals surface area contributed by atoms with Crippen LogP contribution in [0.25, 0.3) is 0 Å². The van der Waals surface area contributed by atoms with Crippen LogP contribution in [0.4, 0.5) is 0 Å². The van der Waals surface area contributed by atoms with E-state index < -0.39 is 0 Å². The van der Waals surface area contributed by atoms with Crippen LogP contribution < -0.4 is 0 Å². The number of hydrogen-bond acceptors (Lipinski definition) is 3. The van der Waals surface area contributed by atoms with Crippen molar-refractivity contribution in [1.82, 2.24) is 4.90 Å². The molecule has 0 bridgehead atoms. The van der Waals surface area contributed by atoms with E-state index in [2.05, 4.69) is 6.92 Å². The first-order valence-corrected chi connectivity index (χ1v) is 9.55. The van der Waals surface area contributed by atoms with Gasteiger partial charge in [0.15, 0.2) is 0 Å². The minimum absolute atomic E-state index is 0.0744. The predicted octanol–water partition coefficient (Wildman–Crippen LogP) is 4.36. The van der Waals surface area contributed by atoms with E-state index >= 15 is 0 Å². The lowest BCUT2D eigenvalue weighted by Gasteiger charge is -2.21. The highest BCUT2D eigenvalue weighted by atomic mass is 35.5. The molecule has 1 aromatic carbocycles. The summed E-state index contributed by atoms with van der Waals surface area (Å²) in [4.78, 5) is 26.0. The van der Waals surface area contributed by atoms with E-state index in [9.17, 15) is 9.59 Å². The number of benzene rings is 1. The lowest BCUT2D eigenvalue weighted by atomic mass is 9.98. The fraction of sp³-hybridized carbons (Fsp3) is 0.579. The number of hydrogen-bond donors (Lipinski definition) is 0. The van der Waals surface area contributed by atoms with E-state index in [-0.39, 0.29) is 23.7 Å². The third kappa shape index (κ3) is 5.61. The van der Waals surface area contributed by atoms with E-state index in [1.807, 2.05) is 11.0 Å². The van der Waals surface area contributed by atoms with Gasteiger partial charge in [-0.3, -0.25) is 9.59 Å². The van der Waals surface area contributed by atoms with Crippen molar-refractivity contribution in [2.75, 3.05) is 19.7 Å². The SMILES string of the molecule is CCOC(=O)CCC(C)CN1CCC(Cc2c(Cl)cccc2Cl)C1=O. The summed E-state index contributed by atoms with van der Waals surface area (Å²) in [6.07, 6.45) is 2.51. The molecule has 2 rings (SSSR count). The van der Waals surface area contributed by atoms with Gasteiger partial charge in [0, 0.05) is 35.5 Å². The maximum Gasteiger partial charge on any atom is 0.305 e. The van der Waals surface area contributed by atoms with Crippen LogP contribution >= 0.6 is 23.2 Å². The molecule has 1 saturated heterocycles. The van der Waals surface area contributed by atoms with Crippen molar-refractivity contribution in [3.8, 4) is 0 Å². The predicted molar refractivity (Wildman–Crippen MR) is 99.9 cm³/mol. The Balaban J connectivity index is 1.86. The molecule has 0 aromatic heterocycles. The zero-order valence-electron chi connectivity index (χ0n) is 14.8. The summed E-state index contributed by atoms with van der Waals surface area (Å²) in [5, 5.41) is 1.23. The molecule has 4 nitrogen and oxygen atoms in total. The molecule has 2 atom stereocenters. The lowest BCUT2D eigenvalue weighted by Crippen LogP contribution is -2.32. The van der Waals surface area contributed by atoms with Crippen LogP contribution in [0.2, 0.25) is 10.0 Å². The van der Waals surface area contributed by atoms with Gasteiger partial charge < -0.3 is 9.64 Å². The van der Waals surface area contributed by atoms with Gasteiger partial charge in [0.05, 0.1) is 6.61 Å². The van der Waals surface area contributed by atoms with Crippen molar-refractivity contribution in [3.05, 3.63) is 33.8 Å². The molecule has 1 aliphatic heterocycles. The molecular formula is C19H25Cl2NO3. The fourth-order valence-electron chi connectivity index (χ4n) is 3.21. The van der Waals surface area contributed by atoms with Gasteiger partial charge in [-0.1, -0.05) is 36.2 Å². The molecule has 138 valence electrons. The van der Waals surface area contributed by atoms with Crippen LogP contribution in [0.15, 0.2) is 18.2 Å². The van der Waals surface area contributed by atoms with E-state index in [1.165, 1.54) is 0 Å². The summed E-state index contributed by atoms with van der Waals surface area (Å²) in [6, 6.07) is 5.41. The standard InChI is InChI=1S/C19H25Cl2NO3/c1-3-25-18(23)8-7-13(2)12-22-10-9-14(19(22)24)11-15-16(20)5-4-6-17(15)21/h4-6,13-14H,3,7-12H2,1-2H3. The van der Waals surface area contributed by atoms with Gasteiger partial charge in [-0.2, -0.15) is 0 Å². The highest BCUT2D eigenvalue weighted by Crippen LogP contribution is 2.31. The van der Waals surface area contributed by atoms with Gasteiger partial charge in [-0.25, -0.2) is 0 Å². The molecule has 1 fully saturated rings. The topological polar surface area (TPSA) is 46.6 Å². The van der Waals surface area contributed by atoms with Crippen molar-refractivity contribution in [3.63, 3.8) is 0 Å². The number of ether oxygens (including phenoxy) is 1. The smallest absolute Gasteiger partial charge is 0.305 e. The third-order valence-corrected chi connectivity index (χ3v) is 5.31. The summed E-state index contributed by atoms with van der Waals surface area (Å²) in [6.45, 7) is 5.69. The van der Waals surface area contributed by atoms with Crippen LogP contribution in [-0.4, -0.2) is 36.5 Å².